The molecule has 0 spiro atoms. The molecule has 0 unspecified atom stereocenters. The first kappa shape index (κ1) is 19.6. The van der Waals surface area contributed by atoms with Gasteiger partial charge in [0.2, 0.25) is 0 Å². The van der Waals surface area contributed by atoms with Crippen LogP contribution in [0.4, 0.5) is 0 Å². The van der Waals surface area contributed by atoms with E-state index in [1.165, 1.54) is 5.92 Å². The zero-order valence-corrected chi connectivity index (χ0v) is 13.0. The first-order chi connectivity index (χ1) is 5.21. The second-order valence-electron chi connectivity index (χ2n) is 4.43. The van der Waals surface area contributed by atoms with Gasteiger partial charge in [-0.3, -0.25) is 7.05 Å². The molecule has 76 valence electrons. The van der Waals surface area contributed by atoms with Crippen molar-refractivity contribution < 1.29 is 32.7 Å². The summed E-state index contributed by atoms with van der Waals surface area (Å²) in [7, 11) is 3.80. The van der Waals surface area contributed by atoms with Crippen molar-refractivity contribution in [2.45, 2.75) is 47.1 Å². The van der Waals surface area contributed by atoms with Crippen LogP contribution in [-0.2, 0) is 32.7 Å². The van der Waals surface area contributed by atoms with Gasteiger partial charge in [0.15, 0.2) is 0 Å². The molecule has 2 heteroatoms. The van der Waals surface area contributed by atoms with E-state index < -0.39 is 0 Å². The molecule has 0 heterocycles. The van der Waals surface area contributed by atoms with Gasteiger partial charge in [0.25, 0.3) is 0 Å². The average Bonchev–Trinajstić information content (AvgIpc) is 1.82. The molecule has 0 aliphatic rings. The van der Waals surface area contributed by atoms with E-state index in [-0.39, 0.29) is 38.2 Å². The normalized spacial score (nSPS) is 10.6. The maximum Gasteiger partial charge on any atom is 3.00 e. The van der Waals surface area contributed by atoms with Crippen LogP contribution in [0, 0.1) is 19.9 Å². The Balaban J connectivity index is -0.000000173. The van der Waals surface area contributed by atoms with Crippen LogP contribution in [0.5, 0.6) is 0 Å². The van der Waals surface area contributed by atoms with Gasteiger partial charge in [-0.2, -0.15) is 27.3 Å². The van der Waals surface area contributed by atoms with Crippen LogP contribution in [0.2, 0.25) is 0 Å². The molecule has 0 aliphatic heterocycles. The van der Waals surface area contributed by atoms with Crippen LogP contribution in [0.1, 0.15) is 41.5 Å². The van der Waals surface area contributed by atoms with Gasteiger partial charge in [0, 0.05) is 0 Å². The Labute approximate surface area is 111 Å². The maximum atomic E-state index is 3.80. The molecule has 0 amide bonds. The fraction of sp³-hybridized carbons (Fsp3) is 0.727. The molecule has 0 fully saturated rings. The van der Waals surface area contributed by atoms with Crippen LogP contribution in [0.15, 0.2) is 0 Å². The zero-order chi connectivity index (χ0) is 10.4. The molecule has 0 aliphatic carbocycles. The number of rotatable bonds is 1. The summed E-state index contributed by atoms with van der Waals surface area (Å²) in [6, 6.07) is 0. The smallest absolute Gasteiger partial charge is 0.480 e. The Morgan fingerprint density at radius 2 is 1.38 bits per heavy atom. The van der Waals surface area contributed by atoms with Crippen LogP contribution in [0.25, 0.3) is 0 Å². The van der Waals surface area contributed by atoms with Crippen LogP contribution in [-0.4, -0.2) is 17.0 Å². The zero-order valence-electron chi connectivity index (χ0n) is 10.1. The number of nitrogens with zero attached hydrogens (tertiary/aromatic N) is 1. The van der Waals surface area contributed by atoms with Gasteiger partial charge in [-0.25, -0.2) is 0 Å². The van der Waals surface area contributed by atoms with E-state index in [9.17, 15) is 0 Å². The molecule has 0 saturated carbocycles. The first-order valence-electron chi connectivity index (χ1n) is 4.36. The molecule has 0 aromatic carbocycles. The van der Waals surface area contributed by atoms with Gasteiger partial charge >= 0.3 is 32.7 Å². The molecule has 0 rings (SSSR count). The SMILES string of the molecule is C[C-](C)C.[CH2-]CN([CH2-])C(C)(C)C.[Y+3]. The van der Waals surface area contributed by atoms with Gasteiger partial charge in [0.05, 0.1) is 0 Å². The third-order valence-electron chi connectivity index (χ3n) is 1.22. The summed E-state index contributed by atoms with van der Waals surface area (Å²) in [6.45, 7) is 17.1. The quantitative estimate of drug-likeness (QED) is 0.653. The van der Waals surface area contributed by atoms with Crippen molar-refractivity contribution in [1.82, 2.24) is 4.90 Å². The molecular weight excluding hydrogens is 235 g/mol. The summed E-state index contributed by atoms with van der Waals surface area (Å²) in [4.78, 5) is 1.95. The largest absolute Gasteiger partial charge is 3.00 e. The summed E-state index contributed by atoms with van der Waals surface area (Å²) in [5, 5.41) is 0. The molecule has 0 aromatic rings. The molecule has 13 heavy (non-hydrogen) atoms. The van der Waals surface area contributed by atoms with Gasteiger partial charge in [-0.15, -0.1) is 0 Å². The third-order valence-corrected chi connectivity index (χ3v) is 1.22. The molecule has 0 atom stereocenters. The van der Waals surface area contributed by atoms with E-state index in [0.717, 1.165) is 6.54 Å². The predicted octanol–water partition coefficient (Wildman–Crippen LogP) is 3.33. The van der Waals surface area contributed by atoms with Crippen molar-refractivity contribution in [3.05, 3.63) is 19.9 Å². The summed E-state index contributed by atoms with van der Waals surface area (Å²) >= 11 is 0. The number of hydrogen-bond donors (Lipinski definition) is 0. The summed E-state index contributed by atoms with van der Waals surface area (Å²) in [5.41, 5.74) is 0.168. The molecule has 1 nitrogen and oxygen atoms in total. The van der Waals surface area contributed by atoms with E-state index in [0.29, 0.717) is 0 Å². The van der Waals surface area contributed by atoms with E-state index >= 15 is 0 Å². The molecule has 0 saturated heterocycles. The van der Waals surface area contributed by atoms with E-state index in [4.69, 9.17) is 0 Å². The van der Waals surface area contributed by atoms with E-state index in [1.807, 2.05) is 4.90 Å². The summed E-state index contributed by atoms with van der Waals surface area (Å²) < 4.78 is 0. The van der Waals surface area contributed by atoms with Crippen molar-refractivity contribution in [3.63, 3.8) is 0 Å². The minimum Gasteiger partial charge on any atom is -0.480 e. The minimum atomic E-state index is 0. The van der Waals surface area contributed by atoms with E-state index in [2.05, 4.69) is 55.5 Å². The Morgan fingerprint density at radius 3 is 1.38 bits per heavy atom. The maximum absolute atomic E-state index is 3.80. The van der Waals surface area contributed by atoms with Gasteiger partial charge in [0.1, 0.15) is 0 Å². The second kappa shape index (κ2) is 9.61. The van der Waals surface area contributed by atoms with Crippen molar-refractivity contribution in [3.8, 4) is 0 Å². The van der Waals surface area contributed by atoms with Crippen molar-refractivity contribution in [2.24, 2.45) is 0 Å². The van der Waals surface area contributed by atoms with Crippen molar-refractivity contribution >= 4 is 0 Å². The molecule has 0 N–H and O–H groups in total. The molecule has 0 radical (unpaired) electrons. The van der Waals surface area contributed by atoms with Crippen LogP contribution < -0.4 is 0 Å². The van der Waals surface area contributed by atoms with Crippen LogP contribution in [0.3, 0.4) is 0 Å². The minimum absolute atomic E-state index is 0. The fourth-order valence-corrected chi connectivity index (χ4v) is 0.335. The average molecular weight is 259 g/mol. The third kappa shape index (κ3) is 19.5. The second-order valence-corrected chi connectivity index (χ2v) is 4.43. The predicted molar refractivity (Wildman–Crippen MR) is 57.4 cm³/mol. The van der Waals surface area contributed by atoms with Gasteiger partial charge in [-0.1, -0.05) is 0 Å². The monoisotopic (exact) mass is 259 g/mol. The Morgan fingerprint density at radius 1 is 1.15 bits per heavy atom. The van der Waals surface area contributed by atoms with E-state index in [1.54, 1.807) is 0 Å². The fourth-order valence-electron chi connectivity index (χ4n) is 0.335. The van der Waals surface area contributed by atoms with Crippen LogP contribution >= 0.6 is 0 Å². The Kier molecular flexibility index (Phi) is 14.5. The van der Waals surface area contributed by atoms with Crippen molar-refractivity contribution in [1.29, 1.82) is 0 Å². The Hall–Kier alpha value is 1.06. The van der Waals surface area contributed by atoms with Crippen molar-refractivity contribution in [2.75, 3.05) is 6.54 Å². The molecule has 0 bridgehead atoms. The first-order valence-corrected chi connectivity index (χ1v) is 4.36. The standard InChI is InChI=1S/C7H15N.C4H9.Y/c1-6-8(5)7(2,3)4;1-4(2)3;/h1,5-6H2,2-4H3;1-3H3;/q-2;-1;+3. The van der Waals surface area contributed by atoms with Gasteiger partial charge < -0.3 is 17.7 Å². The number of hydrogen-bond acceptors (Lipinski definition) is 1. The molecule has 0 aromatic heterocycles. The van der Waals surface area contributed by atoms with Gasteiger partial charge in [-0.05, 0) is 26.3 Å². The summed E-state index contributed by atoms with van der Waals surface area (Å²) in [5.74, 6) is 1.42. The summed E-state index contributed by atoms with van der Waals surface area (Å²) in [6.07, 6.45) is 0. The topological polar surface area (TPSA) is 3.24 Å². The molecular formula is C11H24NY. The Bertz CT molecular complexity index is 92.0.